The quantitative estimate of drug-likeness (QED) is 0.387. The Morgan fingerprint density at radius 2 is 1.67 bits per heavy atom. The van der Waals surface area contributed by atoms with Gasteiger partial charge in [0.25, 0.3) is 11.8 Å². The van der Waals surface area contributed by atoms with Crippen molar-refractivity contribution in [1.82, 2.24) is 10.4 Å². The zero-order chi connectivity index (χ0) is 25.8. The number of hydrogen-bond donors (Lipinski definition) is 2. The Hall–Kier alpha value is -3.47. The minimum atomic E-state index is -1.06. The lowest BCUT2D eigenvalue weighted by atomic mass is 10.1. The molecule has 1 aliphatic heterocycles. The molecule has 1 fully saturated rings. The van der Waals surface area contributed by atoms with Crippen molar-refractivity contribution in [2.45, 2.75) is 12.5 Å². The van der Waals surface area contributed by atoms with Crippen LogP contribution in [0.15, 0.2) is 77.3 Å². The molecule has 0 aromatic heterocycles. The Morgan fingerprint density at radius 1 is 1.03 bits per heavy atom. The van der Waals surface area contributed by atoms with Crippen LogP contribution in [0.3, 0.4) is 0 Å². The summed E-state index contributed by atoms with van der Waals surface area (Å²) in [7, 11) is 1.54. The summed E-state index contributed by atoms with van der Waals surface area (Å²) in [4.78, 5) is 40.6. The van der Waals surface area contributed by atoms with E-state index in [-0.39, 0.29) is 11.5 Å². The number of anilines is 2. The molecule has 3 amide bonds. The highest BCUT2D eigenvalue weighted by atomic mass is 79.9. The highest BCUT2D eigenvalue weighted by Gasteiger charge is 2.45. The second-order valence-corrected chi connectivity index (χ2v) is 9.46. The van der Waals surface area contributed by atoms with Crippen molar-refractivity contribution in [2.24, 2.45) is 0 Å². The van der Waals surface area contributed by atoms with Crippen molar-refractivity contribution >= 4 is 74.0 Å². The van der Waals surface area contributed by atoms with Crippen LogP contribution < -0.4 is 20.4 Å². The van der Waals surface area contributed by atoms with Crippen molar-refractivity contribution in [2.75, 3.05) is 17.3 Å². The van der Waals surface area contributed by atoms with Crippen molar-refractivity contribution in [3.8, 4) is 5.75 Å². The molecule has 184 valence electrons. The van der Waals surface area contributed by atoms with Crippen molar-refractivity contribution in [3.05, 3.63) is 87.9 Å². The molecule has 3 aromatic carbocycles. The third-order valence-electron chi connectivity index (χ3n) is 5.38. The predicted octanol–water partition coefficient (Wildman–Crippen LogP) is 4.79. The van der Waals surface area contributed by atoms with E-state index in [9.17, 15) is 14.4 Å². The average Bonchev–Trinajstić information content (AvgIpc) is 3.09. The largest absolute Gasteiger partial charge is 0.497 e. The zero-order valence-electron chi connectivity index (χ0n) is 18.9. The van der Waals surface area contributed by atoms with Crippen molar-refractivity contribution < 1.29 is 19.1 Å². The molecule has 1 heterocycles. The number of thiocarbonyl (C=S) groups is 1. The van der Waals surface area contributed by atoms with Gasteiger partial charge in [-0.15, -0.1) is 0 Å². The van der Waals surface area contributed by atoms with Gasteiger partial charge in [0.2, 0.25) is 11.0 Å². The summed E-state index contributed by atoms with van der Waals surface area (Å²) in [6.45, 7) is 0. The number of carbonyl (C=O) groups is 3. The lowest BCUT2D eigenvalue weighted by Gasteiger charge is -2.24. The number of nitrogens with one attached hydrogen (secondary N) is 2. The molecule has 0 saturated carbocycles. The molecule has 1 aliphatic rings. The molecular weight excluding hydrogens is 568 g/mol. The van der Waals surface area contributed by atoms with Gasteiger partial charge in [0.15, 0.2) is 0 Å². The van der Waals surface area contributed by atoms with Crippen molar-refractivity contribution in [1.29, 1.82) is 0 Å². The second kappa shape index (κ2) is 11.1. The van der Waals surface area contributed by atoms with Crippen LogP contribution in [0.4, 0.5) is 11.4 Å². The Balaban J connectivity index is 1.59. The van der Waals surface area contributed by atoms with E-state index in [4.69, 9.17) is 28.6 Å². The normalized spacial score (nSPS) is 15.1. The number of ether oxygens (including phenoxy) is 1. The van der Waals surface area contributed by atoms with Crippen LogP contribution in [0.5, 0.6) is 5.75 Å². The van der Waals surface area contributed by atoms with Gasteiger partial charge in [0.1, 0.15) is 11.8 Å². The fourth-order valence-corrected chi connectivity index (χ4v) is 4.32. The number of benzene rings is 3. The maximum atomic E-state index is 13.5. The summed E-state index contributed by atoms with van der Waals surface area (Å²) in [5.74, 6) is -0.764. The molecule has 8 nitrogen and oxygen atoms in total. The minimum Gasteiger partial charge on any atom is -0.497 e. The fourth-order valence-electron chi connectivity index (χ4n) is 3.56. The maximum Gasteiger partial charge on any atom is 0.269 e. The lowest BCUT2D eigenvalue weighted by molar-refractivity contribution is -0.124. The van der Waals surface area contributed by atoms with Gasteiger partial charge < -0.3 is 10.1 Å². The number of hydrogen-bond acceptors (Lipinski definition) is 5. The van der Waals surface area contributed by atoms with Gasteiger partial charge in [-0.25, -0.2) is 5.01 Å². The van der Waals surface area contributed by atoms with E-state index in [1.165, 1.54) is 17.0 Å². The molecule has 36 heavy (non-hydrogen) atoms. The topological polar surface area (TPSA) is 91.0 Å². The van der Waals surface area contributed by atoms with Gasteiger partial charge >= 0.3 is 0 Å². The molecule has 1 atom stereocenters. The number of halogens is 2. The van der Waals surface area contributed by atoms with E-state index in [0.717, 1.165) is 4.47 Å². The third kappa shape index (κ3) is 5.67. The Labute approximate surface area is 226 Å². The Kier molecular flexibility index (Phi) is 7.88. The highest BCUT2D eigenvalue weighted by molar-refractivity contribution is 9.10. The van der Waals surface area contributed by atoms with Crippen LogP contribution >= 0.6 is 39.7 Å². The van der Waals surface area contributed by atoms with Crippen LogP contribution in [-0.2, 0) is 9.59 Å². The Bertz CT molecular complexity index is 1300. The van der Waals surface area contributed by atoms with Gasteiger partial charge in [-0.1, -0.05) is 27.5 Å². The number of amides is 3. The van der Waals surface area contributed by atoms with Gasteiger partial charge in [-0.2, -0.15) is 0 Å². The summed E-state index contributed by atoms with van der Waals surface area (Å²) in [6.07, 6.45) is -0.247. The number of hydrazine groups is 1. The SMILES string of the molecule is COc1ccc(N2C(=O)C(CC(=O)Nc3ccc(Br)cc3)N(NC(=O)c3ccc(Cl)cc3)C2=S)cc1. The molecule has 3 aromatic rings. The molecule has 11 heteroatoms. The van der Waals surface area contributed by atoms with Crippen LogP contribution in [0, 0.1) is 0 Å². The number of carbonyl (C=O) groups excluding carboxylic acids is 3. The molecule has 0 aliphatic carbocycles. The first-order valence-electron chi connectivity index (χ1n) is 10.7. The van der Waals surface area contributed by atoms with Gasteiger partial charge in [0, 0.05) is 20.7 Å². The van der Waals surface area contributed by atoms with E-state index in [2.05, 4.69) is 26.7 Å². The number of rotatable bonds is 7. The first-order chi connectivity index (χ1) is 17.3. The predicted molar refractivity (Wildman–Crippen MR) is 145 cm³/mol. The lowest BCUT2D eigenvalue weighted by Crippen LogP contribution is -2.49. The molecule has 2 N–H and O–H groups in total. The van der Waals surface area contributed by atoms with Crippen LogP contribution in [-0.4, -0.2) is 41.0 Å². The average molecular weight is 588 g/mol. The molecule has 1 unspecified atom stereocenters. The zero-order valence-corrected chi connectivity index (χ0v) is 22.1. The minimum absolute atomic E-state index is 0.0360. The molecule has 0 bridgehead atoms. The van der Waals surface area contributed by atoms with Crippen LogP contribution in [0.1, 0.15) is 16.8 Å². The second-order valence-electron chi connectivity index (χ2n) is 7.75. The van der Waals surface area contributed by atoms with E-state index in [0.29, 0.717) is 27.7 Å². The summed E-state index contributed by atoms with van der Waals surface area (Å²) in [5.41, 5.74) is 4.04. The standard InChI is InChI=1S/C25H20BrClN4O4S/c1-35-20-12-10-19(11-13-20)30-24(34)21(14-22(32)28-18-8-4-16(26)5-9-18)31(25(30)36)29-23(33)15-2-6-17(27)7-3-15/h2-13,21H,14H2,1H3,(H,28,32)(H,29,33). The summed E-state index contributed by atoms with van der Waals surface area (Å²) >= 11 is 14.8. The first-order valence-corrected chi connectivity index (χ1v) is 12.3. The maximum absolute atomic E-state index is 13.5. The van der Waals surface area contributed by atoms with E-state index in [1.807, 2.05) is 0 Å². The summed E-state index contributed by atoms with van der Waals surface area (Å²) in [6, 6.07) is 19.0. The third-order valence-corrected chi connectivity index (χ3v) is 6.54. The number of nitrogens with zero attached hydrogens (tertiary/aromatic N) is 2. The summed E-state index contributed by atoms with van der Waals surface area (Å²) < 4.78 is 6.05. The summed E-state index contributed by atoms with van der Waals surface area (Å²) in [5, 5.41) is 4.53. The Morgan fingerprint density at radius 3 is 2.28 bits per heavy atom. The molecule has 0 spiro atoms. The van der Waals surface area contributed by atoms with Gasteiger partial charge in [-0.05, 0) is 85.0 Å². The highest BCUT2D eigenvalue weighted by Crippen LogP contribution is 2.28. The molecular formula is C25H20BrClN4O4S. The fraction of sp³-hybridized carbons (Fsp3) is 0.120. The molecule has 0 radical (unpaired) electrons. The van der Waals surface area contributed by atoms with Gasteiger partial charge in [-0.3, -0.25) is 24.7 Å². The van der Waals surface area contributed by atoms with E-state index in [1.54, 1.807) is 72.8 Å². The smallest absolute Gasteiger partial charge is 0.269 e. The van der Waals surface area contributed by atoms with Crippen molar-refractivity contribution in [3.63, 3.8) is 0 Å². The van der Waals surface area contributed by atoms with E-state index >= 15 is 0 Å². The number of methoxy groups -OCH3 is 1. The van der Waals surface area contributed by atoms with Crippen LogP contribution in [0.25, 0.3) is 0 Å². The van der Waals surface area contributed by atoms with Gasteiger partial charge in [0.05, 0.1) is 19.2 Å². The van der Waals surface area contributed by atoms with Crippen LogP contribution in [0.2, 0.25) is 5.02 Å². The monoisotopic (exact) mass is 586 g/mol. The molecule has 4 rings (SSSR count). The first kappa shape index (κ1) is 25.6. The van der Waals surface area contributed by atoms with E-state index < -0.39 is 23.8 Å². The molecule has 1 saturated heterocycles.